The molecular formula is C13H19Br2NO2. The Labute approximate surface area is 125 Å². The van der Waals surface area contributed by atoms with Crippen LogP contribution in [0.3, 0.4) is 0 Å². The Bertz CT molecular complexity index is 383. The van der Waals surface area contributed by atoms with E-state index in [4.69, 9.17) is 5.11 Å². The lowest BCUT2D eigenvalue weighted by Crippen LogP contribution is -2.19. The maximum Gasteiger partial charge on any atom is 0.305 e. The molecule has 0 aliphatic heterocycles. The lowest BCUT2D eigenvalue weighted by molar-refractivity contribution is -0.137. The van der Waals surface area contributed by atoms with E-state index < -0.39 is 5.97 Å². The van der Waals surface area contributed by atoms with Gasteiger partial charge in [-0.3, -0.25) is 4.79 Å². The molecule has 0 bridgehead atoms. The van der Waals surface area contributed by atoms with Gasteiger partial charge in [0, 0.05) is 15.0 Å². The quantitative estimate of drug-likeness (QED) is 0.815. The first-order chi connectivity index (χ1) is 8.46. The molecular weight excluding hydrogens is 362 g/mol. The van der Waals surface area contributed by atoms with Gasteiger partial charge in [0.25, 0.3) is 0 Å². The summed E-state index contributed by atoms with van der Waals surface area (Å²) in [5.41, 5.74) is 0.954. The van der Waals surface area contributed by atoms with E-state index in [9.17, 15) is 4.79 Å². The minimum absolute atomic E-state index is 0.0740. The first-order valence-electron chi connectivity index (χ1n) is 5.80. The van der Waals surface area contributed by atoms with Gasteiger partial charge in [0.2, 0.25) is 0 Å². The highest BCUT2D eigenvalue weighted by Gasteiger charge is 2.13. The average Bonchev–Trinajstić information content (AvgIpc) is 2.30. The summed E-state index contributed by atoms with van der Waals surface area (Å²) in [7, 11) is 1.75. The van der Waals surface area contributed by atoms with Gasteiger partial charge >= 0.3 is 5.97 Å². The molecule has 1 unspecified atom stereocenters. The fourth-order valence-corrected chi connectivity index (χ4v) is 1.93. The van der Waals surface area contributed by atoms with Crippen molar-refractivity contribution in [1.82, 2.24) is 5.32 Å². The summed E-state index contributed by atoms with van der Waals surface area (Å²) in [5.74, 6) is -0.812. The molecule has 1 rings (SSSR count). The van der Waals surface area contributed by atoms with Crippen molar-refractivity contribution in [2.45, 2.75) is 32.7 Å². The van der Waals surface area contributed by atoms with Gasteiger partial charge in [-0.05, 0) is 56.6 Å². The van der Waals surface area contributed by atoms with Crippen molar-refractivity contribution in [1.29, 1.82) is 0 Å². The minimum Gasteiger partial charge on any atom is -0.481 e. The summed E-state index contributed by atoms with van der Waals surface area (Å²) < 4.78 is 1.88. The topological polar surface area (TPSA) is 49.3 Å². The van der Waals surface area contributed by atoms with Gasteiger partial charge in [0.05, 0.1) is 6.42 Å². The Hall–Kier alpha value is -0.390. The Kier molecular flexibility index (Phi) is 9.32. The number of carboxylic acid groups (broad SMARTS) is 1. The van der Waals surface area contributed by atoms with Crippen molar-refractivity contribution in [2.24, 2.45) is 0 Å². The summed E-state index contributed by atoms with van der Waals surface area (Å²) in [6.45, 7) is 4.25. The smallest absolute Gasteiger partial charge is 0.305 e. The number of hydrogen-bond acceptors (Lipinski definition) is 2. The number of aliphatic carboxylic acids is 1. The molecule has 0 fully saturated rings. The minimum atomic E-state index is -0.812. The van der Waals surface area contributed by atoms with Crippen LogP contribution in [0.25, 0.3) is 0 Å². The number of carbonyl (C=O) groups is 1. The second kappa shape index (κ2) is 9.53. The highest BCUT2D eigenvalue weighted by Crippen LogP contribution is 2.27. The molecule has 0 spiro atoms. The average molecular weight is 381 g/mol. The molecule has 1 aromatic rings. The number of halogens is 2. The van der Waals surface area contributed by atoms with Crippen LogP contribution in [0.5, 0.6) is 0 Å². The number of benzene rings is 1. The van der Waals surface area contributed by atoms with Crippen LogP contribution in [-0.2, 0) is 4.79 Å². The maximum atomic E-state index is 10.6. The molecule has 5 heteroatoms. The van der Waals surface area contributed by atoms with Crippen LogP contribution in [0.4, 0.5) is 0 Å². The normalized spacial score (nSPS) is 11.4. The van der Waals surface area contributed by atoms with Crippen molar-refractivity contribution in [2.75, 3.05) is 7.05 Å². The number of hydrogen-bond donors (Lipinski definition) is 2. The van der Waals surface area contributed by atoms with E-state index in [0.29, 0.717) is 0 Å². The lowest BCUT2D eigenvalue weighted by Gasteiger charge is -2.14. The van der Waals surface area contributed by atoms with E-state index >= 15 is 0 Å². The molecule has 0 heterocycles. The van der Waals surface area contributed by atoms with Crippen LogP contribution in [0, 0.1) is 0 Å². The molecule has 0 radical (unpaired) electrons. The summed E-state index contributed by atoms with van der Waals surface area (Å²) in [4.78, 5) is 10.6. The van der Waals surface area contributed by atoms with E-state index in [1.165, 1.54) is 6.42 Å². The molecule has 18 heavy (non-hydrogen) atoms. The van der Waals surface area contributed by atoms with E-state index in [1.54, 1.807) is 7.05 Å². The fraction of sp³-hybridized carbons (Fsp3) is 0.462. The van der Waals surface area contributed by atoms with Gasteiger partial charge in [0.1, 0.15) is 0 Å². The number of rotatable bonds is 4. The van der Waals surface area contributed by atoms with Crippen LogP contribution in [-0.4, -0.2) is 18.1 Å². The van der Waals surface area contributed by atoms with Gasteiger partial charge in [-0.15, -0.1) is 0 Å². The van der Waals surface area contributed by atoms with Crippen molar-refractivity contribution in [3.05, 3.63) is 32.7 Å². The first kappa shape index (κ1) is 17.6. The van der Waals surface area contributed by atoms with Gasteiger partial charge in [0.15, 0.2) is 0 Å². The summed E-state index contributed by atoms with van der Waals surface area (Å²) in [6, 6.07) is 5.55. The summed E-state index contributed by atoms with van der Waals surface area (Å²) >= 11 is 6.76. The third-order valence-corrected chi connectivity index (χ3v) is 3.95. The largest absolute Gasteiger partial charge is 0.481 e. The Morgan fingerprint density at radius 3 is 2.28 bits per heavy atom. The molecule has 0 aliphatic rings. The van der Waals surface area contributed by atoms with E-state index in [0.717, 1.165) is 14.5 Å². The Balaban J connectivity index is 0.000000873. The highest BCUT2D eigenvalue weighted by atomic mass is 79.9. The Morgan fingerprint density at radius 1 is 1.33 bits per heavy atom. The van der Waals surface area contributed by atoms with Gasteiger partial charge in [-0.2, -0.15) is 0 Å². The molecule has 2 N–H and O–H groups in total. The van der Waals surface area contributed by atoms with Crippen molar-refractivity contribution in [3.8, 4) is 0 Å². The van der Waals surface area contributed by atoms with E-state index in [2.05, 4.69) is 51.0 Å². The van der Waals surface area contributed by atoms with Gasteiger partial charge in [-0.1, -0.05) is 26.3 Å². The van der Waals surface area contributed by atoms with Crippen LogP contribution in [0.1, 0.15) is 38.3 Å². The molecule has 0 saturated heterocycles. The zero-order chi connectivity index (χ0) is 14.1. The van der Waals surface area contributed by atoms with Crippen LogP contribution in [0.15, 0.2) is 27.1 Å². The van der Waals surface area contributed by atoms with Gasteiger partial charge < -0.3 is 10.4 Å². The second-order valence-electron chi connectivity index (χ2n) is 3.82. The molecule has 0 aliphatic carbocycles. The Morgan fingerprint density at radius 2 is 1.89 bits per heavy atom. The summed E-state index contributed by atoms with van der Waals surface area (Å²) in [5, 5.41) is 11.7. The zero-order valence-corrected chi connectivity index (χ0v) is 14.0. The number of nitrogens with one attached hydrogen (secondary N) is 1. The lowest BCUT2D eigenvalue weighted by atomic mass is 10.0. The first-order valence-corrected chi connectivity index (χ1v) is 7.38. The monoisotopic (exact) mass is 379 g/mol. The van der Waals surface area contributed by atoms with E-state index in [-0.39, 0.29) is 12.5 Å². The highest BCUT2D eigenvalue weighted by molar-refractivity contribution is 9.13. The third kappa shape index (κ3) is 6.52. The maximum absolute atomic E-state index is 10.6. The zero-order valence-electron chi connectivity index (χ0n) is 10.8. The third-order valence-electron chi connectivity index (χ3n) is 2.07. The fourth-order valence-electron chi connectivity index (χ4n) is 1.29. The molecule has 102 valence electrons. The van der Waals surface area contributed by atoms with Crippen molar-refractivity contribution < 1.29 is 9.90 Å². The predicted octanol–water partition coefficient (Wildman–Crippen LogP) is 4.36. The van der Waals surface area contributed by atoms with Crippen LogP contribution >= 0.6 is 31.9 Å². The van der Waals surface area contributed by atoms with Crippen LogP contribution < -0.4 is 5.32 Å². The van der Waals surface area contributed by atoms with Crippen molar-refractivity contribution in [3.63, 3.8) is 0 Å². The SMILES string of the molecule is CCC.CNC(CC(=O)O)c1ccc(Br)c(Br)c1. The predicted molar refractivity (Wildman–Crippen MR) is 81.9 cm³/mol. The van der Waals surface area contributed by atoms with Crippen molar-refractivity contribution >= 4 is 37.8 Å². The molecule has 1 atom stereocenters. The number of carboxylic acids is 1. The standard InChI is InChI=1S/C10H11Br2NO2.C3H8/c1-13-9(5-10(14)15)6-2-3-7(11)8(12)4-6;1-3-2/h2-4,9,13H,5H2,1H3,(H,14,15);3H2,1-2H3. The van der Waals surface area contributed by atoms with Crippen LogP contribution in [0.2, 0.25) is 0 Å². The summed E-state index contributed by atoms with van der Waals surface area (Å²) in [6.07, 6.45) is 1.32. The molecule has 3 nitrogen and oxygen atoms in total. The molecule has 0 amide bonds. The van der Waals surface area contributed by atoms with Gasteiger partial charge in [-0.25, -0.2) is 0 Å². The molecule has 0 aromatic heterocycles. The molecule has 0 saturated carbocycles. The second-order valence-corrected chi connectivity index (χ2v) is 5.53. The van der Waals surface area contributed by atoms with E-state index in [1.807, 2.05) is 18.2 Å². The molecule has 1 aromatic carbocycles.